The smallest absolute Gasteiger partial charge is 0.265 e. The third kappa shape index (κ3) is 5.02. The molecule has 0 aromatic heterocycles. The van der Waals surface area contributed by atoms with Crippen LogP contribution in [0, 0.1) is 11.8 Å². The summed E-state index contributed by atoms with van der Waals surface area (Å²) in [5.74, 6) is -0.551. The Kier molecular flexibility index (Phi) is 5.19. The molecule has 0 aliphatic carbocycles. The molecule has 8 heteroatoms. The summed E-state index contributed by atoms with van der Waals surface area (Å²) in [5, 5.41) is 3.55. The van der Waals surface area contributed by atoms with Crippen molar-refractivity contribution in [3.63, 3.8) is 0 Å². The minimum absolute atomic E-state index is 0.0495. The Bertz CT molecular complexity index is 614. The molecule has 1 saturated heterocycles. The molecule has 114 valence electrons. The summed E-state index contributed by atoms with van der Waals surface area (Å²) in [6, 6.07) is 9.88. The number of hydrogen-bond acceptors (Lipinski definition) is 4. The van der Waals surface area contributed by atoms with Crippen molar-refractivity contribution in [2.24, 2.45) is 17.0 Å². The molecule has 0 bridgehead atoms. The van der Waals surface area contributed by atoms with E-state index in [0.29, 0.717) is 13.1 Å². The molecule has 1 N–H and O–H groups in total. The summed E-state index contributed by atoms with van der Waals surface area (Å²) in [4.78, 5) is 4.86. The first-order chi connectivity index (χ1) is 9.98. The normalized spacial score (nSPS) is 22.9. The highest BCUT2D eigenvalue weighted by Crippen LogP contribution is 2.26. The highest BCUT2D eigenvalue weighted by atomic mass is 32.2. The van der Waals surface area contributed by atoms with Crippen LogP contribution in [0.1, 0.15) is 5.56 Å². The standard InChI is InChI=1S/C13H18N4O3S/c14-16-15-6-12-8-17(7-11-4-2-1-3-5-11)9-13(12)10-21(18,19)20/h1-5,12-13H,6-10H2,(H,18,19,20). The van der Waals surface area contributed by atoms with Crippen LogP contribution < -0.4 is 0 Å². The molecule has 0 saturated carbocycles. The van der Waals surface area contributed by atoms with E-state index in [1.54, 1.807) is 0 Å². The molecule has 2 atom stereocenters. The molecule has 7 nitrogen and oxygen atoms in total. The molecule has 1 heterocycles. The first-order valence-electron chi connectivity index (χ1n) is 6.70. The first-order valence-corrected chi connectivity index (χ1v) is 8.31. The second-order valence-corrected chi connectivity index (χ2v) is 6.86. The molecule has 2 unspecified atom stereocenters. The monoisotopic (exact) mass is 310 g/mol. The van der Waals surface area contributed by atoms with E-state index >= 15 is 0 Å². The number of likely N-dealkylation sites (tertiary alicyclic amines) is 1. The van der Waals surface area contributed by atoms with Gasteiger partial charge in [-0.05, 0) is 22.9 Å². The van der Waals surface area contributed by atoms with Crippen molar-refractivity contribution < 1.29 is 13.0 Å². The lowest BCUT2D eigenvalue weighted by Crippen LogP contribution is -2.24. The Morgan fingerprint density at radius 2 is 1.95 bits per heavy atom. The van der Waals surface area contributed by atoms with Crippen LogP contribution in [0.15, 0.2) is 35.4 Å². The number of hydrogen-bond donors (Lipinski definition) is 1. The number of benzene rings is 1. The fraction of sp³-hybridized carbons (Fsp3) is 0.538. The fourth-order valence-corrected chi connectivity index (χ4v) is 3.73. The molecule has 1 aromatic carbocycles. The topological polar surface area (TPSA) is 106 Å². The second kappa shape index (κ2) is 6.91. The molecule has 21 heavy (non-hydrogen) atoms. The van der Waals surface area contributed by atoms with Crippen LogP contribution in [0.3, 0.4) is 0 Å². The van der Waals surface area contributed by atoms with E-state index in [-0.39, 0.29) is 24.1 Å². The SMILES string of the molecule is [N-]=[N+]=NCC1CN(Cc2ccccc2)CC1CS(=O)(=O)O. The first kappa shape index (κ1) is 15.8. The van der Waals surface area contributed by atoms with E-state index in [4.69, 9.17) is 10.1 Å². The lowest BCUT2D eigenvalue weighted by molar-refractivity contribution is 0.314. The molecule has 1 aliphatic heterocycles. The van der Waals surface area contributed by atoms with Gasteiger partial charge in [0, 0.05) is 31.1 Å². The maximum Gasteiger partial charge on any atom is 0.265 e. The molecule has 1 fully saturated rings. The zero-order valence-corrected chi connectivity index (χ0v) is 12.4. The van der Waals surface area contributed by atoms with Crippen molar-refractivity contribution in [3.8, 4) is 0 Å². The third-order valence-corrected chi connectivity index (χ3v) is 4.55. The van der Waals surface area contributed by atoms with Crippen molar-refractivity contribution in [1.82, 2.24) is 4.90 Å². The van der Waals surface area contributed by atoms with Crippen molar-refractivity contribution in [2.45, 2.75) is 6.54 Å². The predicted molar refractivity (Wildman–Crippen MR) is 79.1 cm³/mol. The summed E-state index contributed by atoms with van der Waals surface area (Å²) in [6.07, 6.45) is 0. The average molecular weight is 310 g/mol. The Hall–Kier alpha value is -1.60. The van der Waals surface area contributed by atoms with E-state index in [2.05, 4.69) is 14.9 Å². The van der Waals surface area contributed by atoms with Crippen LogP contribution >= 0.6 is 0 Å². The Morgan fingerprint density at radius 1 is 1.29 bits per heavy atom. The van der Waals surface area contributed by atoms with Gasteiger partial charge in [0.1, 0.15) is 0 Å². The molecule has 0 radical (unpaired) electrons. The van der Waals surface area contributed by atoms with E-state index in [1.165, 1.54) is 0 Å². The Balaban J connectivity index is 2.04. The van der Waals surface area contributed by atoms with Crippen molar-refractivity contribution in [3.05, 3.63) is 46.3 Å². The van der Waals surface area contributed by atoms with Gasteiger partial charge in [-0.15, -0.1) is 0 Å². The van der Waals surface area contributed by atoms with Gasteiger partial charge in [-0.2, -0.15) is 8.42 Å². The van der Waals surface area contributed by atoms with Crippen LogP contribution in [0.25, 0.3) is 10.4 Å². The van der Waals surface area contributed by atoms with Crippen LogP contribution in [0.5, 0.6) is 0 Å². The second-order valence-electron chi connectivity index (χ2n) is 5.36. The lowest BCUT2D eigenvalue weighted by atomic mass is 9.98. The van der Waals surface area contributed by atoms with Gasteiger partial charge in [0.2, 0.25) is 0 Å². The molecular weight excluding hydrogens is 292 g/mol. The van der Waals surface area contributed by atoms with Crippen molar-refractivity contribution in [1.29, 1.82) is 0 Å². The number of nitrogens with zero attached hydrogens (tertiary/aromatic N) is 4. The average Bonchev–Trinajstić information content (AvgIpc) is 2.77. The summed E-state index contributed by atoms with van der Waals surface area (Å²) in [6.45, 7) is 2.20. The zero-order valence-electron chi connectivity index (χ0n) is 11.5. The quantitative estimate of drug-likeness (QED) is 0.375. The van der Waals surface area contributed by atoms with E-state index < -0.39 is 10.1 Å². The molecule has 0 amide bonds. The van der Waals surface area contributed by atoms with Gasteiger partial charge >= 0.3 is 0 Å². The zero-order chi connectivity index (χ0) is 15.3. The molecule has 1 aliphatic rings. The van der Waals surface area contributed by atoms with Crippen molar-refractivity contribution in [2.75, 3.05) is 25.4 Å². The minimum atomic E-state index is -4.02. The van der Waals surface area contributed by atoms with Crippen LogP contribution in [-0.4, -0.2) is 43.3 Å². The summed E-state index contributed by atoms with van der Waals surface area (Å²) in [5.41, 5.74) is 9.57. The summed E-state index contributed by atoms with van der Waals surface area (Å²) < 4.78 is 31.3. The fourth-order valence-electron chi connectivity index (χ4n) is 2.81. The van der Waals surface area contributed by atoms with Crippen LogP contribution in [-0.2, 0) is 16.7 Å². The van der Waals surface area contributed by atoms with E-state index in [9.17, 15) is 8.42 Å². The minimum Gasteiger partial charge on any atom is -0.298 e. The summed E-state index contributed by atoms with van der Waals surface area (Å²) >= 11 is 0. The Labute approximate surface area is 124 Å². The highest BCUT2D eigenvalue weighted by Gasteiger charge is 2.34. The largest absolute Gasteiger partial charge is 0.298 e. The lowest BCUT2D eigenvalue weighted by Gasteiger charge is -2.15. The molecule has 1 aromatic rings. The van der Waals surface area contributed by atoms with Gasteiger partial charge in [0.25, 0.3) is 10.1 Å². The third-order valence-electron chi connectivity index (χ3n) is 3.71. The maximum absolute atomic E-state index is 11.1. The van der Waals surface area contributed by atoms with Gasteiger partial charge in [0.15, 0.2) is 0 Å². The molecule has 2 rings (SSSR count). The van der Waals surface area contributed by atoms with Gasteiger partial charge in [0.05, 0.1) is 5.75 Å². The van der Waals surface area contributed by atoms with E-state index in [1.807, 2.05) is 30.3 Å². The van der Waals surface area contributed by atoms with Gasteiger partial charge in [-0.1, -0.05) is 35.4 Å². The van der Waals surface area contributed by atoms with Crippen LogP contribution in [0.2, 0.25) is 0 Å². The number of rotatable bonds is 6. The Morgan fingerprint density at radius 3 is 2.57 bits per heavy atom. The van der Waals surface area contributed by atoms with Gasteiger partial charge in [-0.25, -0.2) is 0 Å². The van der Waals surface area contributed by atoms with Gasteiger partial charge < -0.3 is 0 Å². The van der Waals surface area contributed by atoms with Gasteiger partial charge in [-0.3, -0.25) is 9.45 Å². The molecular formula is C13H18N4O3S. The summed E-state index contributed by atoms with van der Waals surface area (Å²) in [7, 11) is -4.02. The van der Waals surface area contributed by atoms with Crippen molar-refractivity contribution >= 4 is 10.1 Å². The highest BCUT2D eigenvalue weighted by molar-refractivity contribution is 7.85. The molecule has 0 spiro atoms. The maximum atomic E-state index is 11.1. The number of azide groups is 1. The van der Waals surface area contributed by atoms with Crippen LogP contribution in [0.4, 0.5) is 0 Å². The van der Waals surface area contributed by atoms with E-state index in [0.717, 1.165) is 12.1 Å². The predicted octanol–water partition coefficient (Wildman–Crippen LogP) is 1.93.